The molecule has 1 N–H and O–H groups in total. The predicted molar refractivity (Wildman–Crippen MR) is 110 cm³/mol. The zero-order valence-electron chi connectivity index (χ0n) is 14.0. The van der Waals surface area contributed by atoms with Crippen LogP contribution in [0.4, 0.5) is 5.13 Å². The highest BCUT2D eigenvalue weighted by Crippen LogP contribution is 2.26. The molecule has 3 nitrogen and oxygen atoms in total. The maximum Gasteiger partial charge on any atom is 0.250 e. The third-order valence-corrected chi connectivity index (χ3v) is 5.27. The fourth-order valence-corrected chi connectivity index (χ4v) is 3.56. The van der Waals surface area contributed by atoms with Crippen LogP contribution in [0.15, 0.2) is 54.7 Å². The Hall–Kier alpha value is -2.14. The lowest BCUT2D eigenvalue weighted by atomic mass is 10.1. The third-order valence-electron chi connectivity index (χ3n) is 3.62. The van der Waals surface area contributed by atoms with Gasteiger partial charge in [-0.3, -0.25) is 10.1 Å². The van der Waals surface area contributed by atoms with Crippen molar-refractivity contribution in [3.63, 3.8) is 0 Å². The summed E-state index contributed by atoms with van der Waals surface area (Å²) in [5.41, 5.74) is 3.18. The minimum Gasteiger partial charge on any atom is -0.298 e. The highest BCUT2D eigenvalue weighted by atomic mass is 35.5. The van der Waals surface area contributed by atoms with E-state index in [4.69, 9.17) is 23.2 Å². The van der Waals surface area contributed by atoms with Gasteiger partial charge < -0.3 is 0 Å². The number of anilines is 1. The van der Waals surface area contributed by atoms with Gasteiger partial charge in [-0.25, -0.2) is 4.98 Å². The first-order chi connectivity index (χ1) is 12.5. The summed E-state index contributed by atoms with van der Waals surface area (Å²) in [6.07, 6.45) is 5.73. The second-order valence-electron chi connectivity index (χ2n) is 5.79. The molecule has 26 heavy (non-hydrogen) atoms. The highest BCUT2D eigenvalue weighted by Gasteiger charge is 2.07. The molecule has 0 aliphatic carbocycles. The number of carbonyl (C=O) groups is 1. The summed E-state index contributed by atoms with van der Waals surface area (Å²) in [5, 5.41) is 4.42. The van der Waals surface area contributed by atoms with Crippen LogP contribution in [0.2, 0.25) is 10.0 Å². The normalized spacial score (nSPS) is 11.0. The molecule has 0 saturated carbocycles. The van der Waals surface area contributed by atoms with E-state index >= 15 is 0 Å². The number of amides is 1. The summed E-state index contributed by atoms with van der Waals surface area (Å²) in [6, 6.07) is 13.5. The zero-order valence-corrected chi connectivity index (χ0v) is 16.3. The van der Waals surface area contributed by atoms with Crippen molar-refractivity contribution in [1.29, 1.82) is 0 Å². The lowest BCUT2D eigenvalue weighted by Crippen LogP contribution is -2.07. The fourth-order valence-electron chi connectivity index (χ4n) is 2.39. The van der Waals surface area contributed by atoms with E-state index in [1.807, 2.05) is 43.3 Å². The number of thiazole rings is 1. The zero-order chi connectivity index (χ0) is 18.5. The third kappa shape index (κ3) is 5.18. The number of benzene rings is 2. The minimum atomic E-state index is -0.207. The summed E-state index contributed by atoms with van der Waals surface area (Å²) in [6.45, 7) is 2.02. The van der Waals surface area contributed by atoms with Gasteiger partial charge in [0.15, 0.2) is 5.13 Å². The van der Waals surface area contributed by atoms with Crippen molar-refractivity contribution in [2.45, 2.75) is 13.3 Å². The van der Waals surface area contributed by atoms with Crippen LogP contribution < -0.4 is 5.32 Å². The van der Waals surface area contributed by atoms with Crippen molar-refractivity contribution < 1.29 is 4.79 Å². The monoisotopic (exact) mass is 402 g/mol. The quantitative estimate of drug-likeness (QED) is 0.531. The Labute approximate surface area is 166 Å². The summed E-state index contributed by atoms with van der Waals surface area (Å²) in [7, 11) is 0. The van der Waals surface area contributed by atoms with E-state index in [0.29, 0.717) is 21.6 Å². The Balaban J connectivity index is 1.60. The summed E-state index contributed by atoms with van der Waals surface area (Å²) >= 11 is 13.4. The summed E-state index contributed by atoms with van der Waals surface area (Å²) in [5.74, 6) is -0.207. The number of rotatable bonds is 5. The molecular weight excluding hydrogens is 387 g/mol. The van der Waals surface area contributed by atoms with Crippen molar-refractivity contribution in [1.82, 2.24) is 4.98 Å². The second-order valence-corrected chi connectivity index (χ2v) is 7.72. The number of halogens is 2. The van der Waals surface area contributed by atoms with E-state index in [2.05, 4.69) is 10.3 Å². The molecule has 0 spiro atoms. The molecular formula is C20H16Cl2N2OS. The number of nitrogens with zero attached hydrogens (tertiary/aromatic N) is 1. The fraction of sp³-hybridized carbons (Fsp3) is 0.100. The summed E-state index contributed by atoms with van der Waals surface area (Å²) < 4.78 is 0. The molecule has 0 atom stereocenters. The van der Waals surface area contributed by atoms with E-state index < -0.39 is 0 Å². The molecule has 0 aliphatic heterocycles. The number of aryl methyl sites for hydroxylation is 1. The molecule has 0 bridgehead atoms. The van der Waals surface area contributed by atoms with E-state index in [0.717, 1.165) is 21.6 Å². The number of hydrogen-bond donors (Lipinski definition) is 1. The molecule has 0 saturated heterocycles. The van der Waals surface area contributed by atoms with Crippen LogP contribution in [0.1, 0.15) is 21.6 Å². The van der Waals surface area contributed by atoms with Crippen LogP contribution in [-0.2, 0) is 11.2 Å². The van der Waals surface area contributed by atoms with Crippen LogP contribution in [0.3, 0.4) is 0 Å². The average Bonchev–Trinajstić information content (AvgIpc) is 3.03. The number of nitrogens with one attached hydrogen (secondary N) is 1. The minimum absolute atomic E-state index is 0.207. The molecule has 3 aromatic rings. The molecule has 2 aromatic carbocycles. The Morgan fingerprint density at radius 1 is 1.19 bits per heavy atom. The lowest BCUT2D eigenvalue weighted by Gasteiger charge is -2.01. The smallest absolute Gasteiger partial charge is 0.250 e. The van der Waals surface area contributed by atoms with Gasteiger partial charge in [0, 0.05) is 23.6 Å². The van der Waals surface area contributed by atoms with Gasteiger partial charge in [-0.1, -0.05) is 59.1 Å². The van der Waals surface area contributed by atoms with Crippen LogP contribution in [-0.4, -0.2) is 10.9 Å². The van der Waals surface area contributed by atoms with E-state index in [-0.39, 0.29) is 5.91 Å². The molecule has 3 rings (SSSR count). The number of aromatic nitrogens is 1. The Morgan fingerprint density at radius 3 is 2.81 bits per heavy atom. The molecule has 1 heterocycles. The SMILES string of the molecule is Cc1cccc(C=CC(=O)Nc2ncc(Cc3ccc(Cl)c(Cl)c3)s2)c1. The Kier molecular flexibility index (Phi) is 6.09. The van der Waals surface area contributed by atoms with Gasteiger partial charge >= 0.3 is 0 Å². The van der Waals surface area contributed by atoms with Gasteiger partial charge in [0.25, 0.3) is 0 Å². The first kappa shape index (κ1) is 18.6. The molecule has 1 amide bonds. The molecule has 132 valence electrons. The van der Waals surface area contributed by atoms with Gasteiger partial charge in [0.2, 0.25) is 5.91 Å². The van der Waals surface area contributed by atoms with Crippen LogP contribution in [0.5, 0.6) is 0 Å². The van der Waals surface area contributed by atoms with Gasteiger partial charge in [0.05, 0.1) is 10.0 Å². The summed E-state index contributed by atoms with van der Waals surface area (Å²) in [4.78, 5) is 17.3. The first-order valence-electron chi connectivity index (χ1n) is 7.94. The van der Waals surface area contributed by atoms with E-state index in [9.17, 15) is 4.79 Å². The Bertz CT molecular complexity index is 966. The van der Waals surface area contributed by atoms with Gasteiger partial charge in [-0.2, -0.15) is 0 Å². The van der Waals surface area contributed by atoms with Crippen molar-refractivity contribution >= 4 is 51.7 Å². The number of hydrogen-bond acceptors (Lipinski definition) is 3. The second kappa shape index (κ2) is 8.49. The average molecular weight is 403 g/mol. The van der Waals surface area contributed by atoms with Crippen molar-refractivity contribution in [3.05, 3.63) is 86.4 Å². The standard InChI is InChI=1S/C20H16Cl2N2OS/c1-13-3-2-4-14(9-13)6-8-19(25)24-20-23-12-16(26-20)10-15-5-7-17(21)18(22)11-15/h2-9,11-12H,10H2,1H3,(H,23,24,25). The first-order valence-corrected chi connectivity index (χ1v) is 9.51. The van der Waals surface area contributed by atoms with Crippen LogP contribution in [0, 0.1) is 6.92 Å². The maximum atomic E-state index is 12.1. The van der Waals surface area contributed by atoms with Gasteiger partial charge in [-0.05, 0) is 36.3 Å². The molecule has 0 radical (unpaired) electrons. The molecule has 6 heteroatoms. The lowest BCUT2D eigenvalue weighted by molar-refractivity contribution is -0.111. The van der Waals surface area contributed by atoms with E-state index in [1.165, 1.54) is 17.4 Å². The van der Waals surface area contributed by atoms with Gasteiger partial charge in [0.1, 0.15) is 0 Å². The Morgan fingerprint density at radius 2 is 2.04 bits per heavy atom. The van der Waals surface area contributed by atoms with Gasteiger partial charge in [-0.15, -0.1) is 11.3 Å². The molecule has 0 unspecified atom stereocenters. The maximum absolute atomic E-state index is 12.1. The highest BCUT2D eigenvalue weighted by molar-refractivity contribution is 7.15. The molecule has 1 aromatic heterocycles. The molecule has 0 fully saturated rings. The van der Waals surface area contributed by atoms with Crippen molar-refractivity contribution in [3.8, 4) is 0 Å². The predicted octanol–water partition coefficient (Wildman–Crippen LogP) is 6.00. The van der Waals surface area contributed by atoms with Crippen molar-refractivity contribution in [2.24, 2.45) is 0 Å². The largest absolute Gasteiger partial charge is 0.298 e. The molecule has 0 aliphatic rings. The van der Waals surface area contributed by atoms with E-state index in [1.54, 1.807) is 18.3 Å². The topological polar surface area (TPSA) is 42.0 Å². The van der Waals surface area contributed by atoms with Crippen molar-refractivity contribution in [2.75, 3.05) is 5.32 Å². The van der Waals surface area contributed by atoms with Crippen LogP contribution in [0.25, 0.3) is 6.08 Å². The van der Waals surface area contributed by atoms with Crippen LogP contribution >= 0.6 is 34.5 Å². The number of carbonyl (C=O) groups excluding carboxylic acids is 1.